The number of rotatable bonds is 1. The Labute approximate surface area is 594 Å². The molecule has 0 saturated heterocycles. The number of aromatic nitrogens is 18. The number of imidazole rings is 3. The predicted octanol–water partition coefficient (Wildman–Crippen LogP) is 13.1. The highest BCUT2D eigenvalue weighted by Gasteiger charge is 2.41. The topological polar surface area (TPSA) is 134 Å². The number of oxazole rings is 1. The number of benzene rings is 1. The van der Waals surface area contributed by atoms with Crippen molar-refractivity contribution in [1.82, 2.24) is 60.6 Å². The fourth-order valence-electron chi connectivity index (χ4n) is 16.6. The fourth-order valence-corrected chi connectivity index (χ4v) is 17.8. The quantitative estimate of drug-likeness (QED) is 0.150. The largest absolute Gasteiger partial charge is 0.396 e. The van der Waals surface area contributed by atoms with Gasteiger partial charge in [-0.2, -0.15) is 9.13 Å². The maximum Gasteiger partial charge on any atom is 0.384 e. The van der Waals surface area contributed by atoms with Crippen LogP contribution in [0.3, 0.4) is 0 Å². The lowest BCUT2D eigenvalue weighted by Crippen LogP contribution is -2.31. The number of aryl methyl sites for hydroxylation is 2. The van der Waals surface area contributed by atoms with Gasteiger partial charge >= 0.3 is 5.89 Å². The van der Waals surface area contributed by atoms with E-state index in [1.54, 1.807) is 6.20 Å². The summed E-state index contributed by atoms with van der Waals surface area (Å²) in [5.74, 6) is 4.10. The summed E-state index contributed by atoms with van der Waals surface area (Å²) in [6.45, 7) is 1.69. The Balaban J connectivity index is 0.0000000830. The van der Waals surface area contributed by atoms with Crippen LogP contribution < -0.4 is 22.8 Å². The van der Waals surface area contributed by atoms with Crippen molar-refractivity contribution in [3.8, 4) is 61.9 Å². The van der Waals surface area contributed by atoms with E-state index in [2.05, 4.69) is 235 Å². The van der Waals surface area contributed by atoms with Gasteiger partial charge in [0.25, 0.3) is 28.0 Å². The molecule has 19 nitrogen and oxygen atoms in total. The minimum Gasteiger partial charge on any atom is -0.396 e. The number of hydrogen-bond acceptors (Lipinski definition) is 7. The summed E-state index contributed by atoms with van der Waals surface area (Å²) < 4.78 is 59.7. The minimum absolute atomic E-state index is 0.599. The van der Waals surface area contributed by atoms with Crippen molar-refractivity contribution in [2.75, 3.05) is 0 Å². The van der Waals surface area contributed by atoms with E-state index >= 15 is 0 Å². The summed E-state index contributed by atoms with van der Waals surface area (Å²) in [7, 11) is 2.14. The van der Waals surface area contributed by atoms with Gasteiger partial charge in [-0.25, -0.2) is 22.8 Å². The molecule has 0 bridgehead atoms. The zero-order valence-corrected chi connectivity index (χ0v) is 56.2. The molecule has 0 unspecified atom stereocenters. The Morgan fingerprint density at radius 1 is 0.369 bits per heavy atom. The number of nitrogens with zero attached hydrogens (tertiary/aromatic N) is 18. The van der Waals surface area contributed by atoms with Gasteiger partial charge < -0.3 is 26.4 Å². The third-order valence-corrected chi connectivity index (χ3v) is 22.1. The van der Waals surface area contributed by atoms with Crippen LogP contribution in [0.25, 0.3) is 144 Å². The molecule has 103 heavy (non-hydrogen) atoms. The Hall–Kier alpha value is -13.5. The molecule has 0 aliphatic carbocycles. The van der Waals surface area contributed by atoms with Crippen LogP contribution in [0.5, 0.6) is 0 Å². The van der Waals surface area contributed by atoms with E-state index in [9.17, 15) is 0 Å². The second-order valence-electron chi connectivity index (χ2n) is 26.5. The summed E-state index contributed by atoms with van der Waals surface area (Å²) in [5, 5.41) is 1.33. The SMILES string of the molecule is C[n+]1c2n(c3cn4ccccc4c31)Cc1ncccc1-2.[2H]C([2H])([2H])[n+]1c2n(c3cn4ccccc4c31)Cc1ncccc1-2.c1ccc(-n2c3[n+](c4c2cn2ccccc42)Cc2ncccc2-3)cc1.c1cnc2c(c1)-c1oc3cn4ccccc4c3[n+]1C2.c1cnc2c(c1)-c1sc3cn4ccccc4c3[n+]1C2. The van der Waals surface area contributed by atoms with Crippen molar-refractivity contribution >= 4 is 93.3 Å². The molecule has 0 saturated carbocycles. The highest BCUT2D eigenvalue weighted by atomic mass is 32.1. The van der Waals surface area contributed by atoms with Crippen LogP contribution in [0, 0.1) is 0 Å². The van der Waals surface area contributed by atoms with Crippen LogP contribution in [-0.2, 0) is 46.7 Å². The van der Waals surface area contributed by atoms with Gasteiger partial charge in [-0.3, -0.25) is 24.9 Å². The third-order valence-electron chi connectivity index (χ3n) is 20.9. The second-order valence-corrected chi connectivity index (χ2v) is 27.5. The average Bonchev–Trinajstić information content (AvgIpc) is 1.54. The Kier molecular flexibility index (Phi) is 11.6. The van der Waals surface area contributed by atoms with Crippen LogP contribution in [0.1, 0.15) is 32.6 Å². The zero-order chi connectivity index (χ0) is 70.2. The van der Waals surface area contributed by atoms with E-state index in [-0.39, 0.29) is 0 Å². The Morgan fingerprint density at radius 2 is 0.806 bits per heavy atom. The highest BCUT2D eigenvalue weighted by molar-refractivity contribution is 7.21. The molecule has 0 atom stereocenters. The molecule has 490 valence electrons. The lowest BCUT2D eigenvalue weighted by Gasteiger charge is -2.01. The molecular weight excluding hydrogens is 1300 g/mol. The summed E-state index contributed by atoms with van der Waals surface area (Å²) in [5.41, 5.74) is 28.3. The predicted molar refractivity (Wildman–Crippen MR) is 395 cm³/mol. The molecule has 0 amide bonds. The molecule has 25 heterocycles. The van der Waals surface area contributed by atoms with Crippen LogP contribution in [0.2, 0.25) is 0 Å². The number of hydrogen-bond donors (Lipinski definition) is 0. The van der Waals surface area contributed by atoms with Crippen LogP contribution >= 0.6 is 11.3 Å². The number of pyridine rings is 10. The smallest absolute Gasteiger partial charge is 0.384 e. The lowest BCUT2D eigenvalue weighted by molar-refractivity contribution is -0.649. The van der Waals surface area contributed by atoms with Crippen LogP contribution in [-0.4, -0.2) is 60.6 Å². The molecule has 5 aliphatic heterocycles. The van der Waals surface area contributed by atoms with Gasteiger partial charge in [0.15, 0.2) is 40.7 Å². The molecule has 1 aromatic carbocycles. The standard InChI is InChI=1S/C21H15N4.2C16H13N4.C15H10N3O.C15H10N3S/c1-2-7-15(8-3-1)25-19-14-23-12-5-4-10-18(23)20(19)24-13-17-16(21(24)25)9-6-11-22-17;2*1-18-15-13-6-2-3-8-19(13)10-14(15)20-9-12-11(16(18)20)5-4-7-17-12;2*1-2-7-17-9-13-14(12(17)5-1)18-8-11-10(15(18)19-13)4-3-6-16-11/h1-12,14H,13H2;2*2-8,10H,9H2,1H3;2*1-7,9H,8H2/q5*+1/i;1D3;;;. The van der Waals surface area contributed by atoms with Crippen LogP contribution in [0.4, 0.5) is 0 Å². The summed E-state index contributed by atoms with van der Waals surface area (Å²) in [6, 6.07) is 62.0. The van der Waals surface area contributed by atoms with Crippen molar-refractivity contribution < 1.29 is 31.4 Å². The van der Waals surface area contributed by atoms with Crippen molar-refractivity contribution in [1.29, 1.82) is 0 Å². The van der Waals surface area contributed by atoms with Gasteiger partial charge in [0.05, 0.1) is 98.8 Å². The van der Waals surface area contributed by atoms with E-state index in [0.717, 1.165) is 93.6 Å². The number of fused-ring (bicyclic) bond motifs is 35. The van der Waals surface area contributed by atoms with Gasteiger partial charge in [0.1, 0.15) is 58.0 Å². The van der Waals surface area contributed by atoms with E-state index in [0.29, 0.717) is 12.4 Å². The summed E-state index contributed by atoms with van der Waals surface area (Å²) >= 11 is 1.86. The van der Waals surface area contributed by atoms with E-state index < -0.39 is 6.98 Å². The molecule has 5 aliphatic rings. The molecule has 26 rings (SSSR count). The monoisotopic (exact) mass is 1360 g/mol. The van der Waals surface area contributed by atoms with Crippen LogP contribution in [0.15, 0.2) is 279 Å². The Morgan fingerprint density at radius 3 is 1.40 bits per heavy atom. The van der Waals surface area contributed by atoms with Gasteiger partial charge in [-0.05, 0) is 133 Å². The van der Waals surface area contributed by atoms with Crippen molar-refractivity contribution in [3.05, 3.63) is 303 Å². The van der Waals surface area contributed by atoms with Crippen molar-refractivity contribution in [2.24, 2.45) is 14.0 Å². The zero-order valence-electron chi connectivity index (χ0n) is 58.4. The van der Waals surface area contributed by atoms with Crippen molar-refractivity contribution in [3.63, 3.8) is 0 Å². The molecule has 21 aromatic rings. The molecule has 0 N–H and O–H groups in total. The summed E-state index contributed by atoms with van der Waals surface area (Å²) in [4.78, 5) is 22.5. The lowest BCUT2D eigenvalue weighted by atomic mass is 10.2. The maximum atomic E-state index is 8.05. The number of para-hydroxylation sites is 1. The highest BCUT2D eigenvalue weighted by Crippen LogP contribution is 2.40. The molecule has 20 heteroatoms. The van der Waals surface area contributed by atoms with E-state index in [1.165, 1.54) is 104 Å². The first-order chi connectivity index (χ1) is 52.1. The second kappa shape index (κ2) is 22.0. The van der Waals surface area contributed by atoms with Gasteiger partial charge in [0, 0.05) is 68.2 Å². The summed E-state index contributed by atoms with van der Waals surface area (Å²) in [6.07, 6.45) is 30.2. The maximum absolute atomic E-state index is 8.05. The first kappa shape index (κ1) is 54.5. The van der Waals surface area contributed by atoms with E-state index in [4.69, 9.17) is 8.53 Å². The normalized spacial score (nSPS) is 13.5. The third kappa shape index (κ3) is 8.43. The van der Waals surface area contributed by atoms with Gasteiger partial charge in [0.2, 0.25) is 16.6 Å². The minimum atomic E-state index is -2.26. The average molecular weight is 1360 g/mol. The first-order valence-corrected chi connectivity index (χ1v) is 35.1. The van der Waals surface area contributed by atoms with E-state index in [1.807, 2.05) is 131 Å². The molecule has 0 fully saturated rings. The molecular formula is C83H61N18OS+5. The fraction of sp³-hybridized carbons (Fsp3) is 0.0843. The Bertz CT molecular complexity index is 7080. The molecule has 20 aromatic heterocycles. The van der Waals surface area contributed by atoms with Gasteiger partial charge in [-0.1, -0.05) is 59.9 Å². The number of thiazole rings is 1. The first-order valence-electron chi connectivity index (χ1n) is 35.8. The molecule has 0 radical (unpaired) electrons. The van der Waals surface area contributed by atoms with Gasteiger partial charge in [-0.15, -0.1) is 4.57 Å². The molecule has 0 spiro atoms. The van der Waals surface area contributed by atoms with Crippen molar-refractivity contribution in [2.45, 2.75) is 32.7 Å².